The van der Waals surface area contributed by atoms with Crippen molar-refractivity contribution >= 4 is 36.5 Å². The van der Waals surface area contributed by atoms with Gasteiger partial charge in [0, 0.05) is 24.7 Å². The van der Waals surface area contributed by atoms with E-state index in [1.54, 1.807) is 18.2 Å². The Morgan fingerprint density at radius 1 is 0.844 bits per heavy atom. The van der Waals surface area contributed by atoms with Crippen molar-refractivity contribution in [1.82, 2.24) is 9.97 Å². The van der Waals surface area contributed by atoms with Crippen molar-refractivity contribution in [3.63, 3.8) is 0 Å². The van der Waals surface area contributed by atoms with Crippen LogP contribution in [-0.2, 0) is 36.7 Å². The number of hydrogen-bond acceptors (Lipinski definition) is 7. The van der Waals surface area contributed by atoms with Gasteiger partial charge in [-0.1, -0.05) is 48.0 Å². The lowest BCUT2D eigenvalue weighted by atomic mass is 9.63. The summed E-state index contributed by atoms with van der Waals surface area (Å²) in [7, 11) is -0.880. The minimum atomic E-state index is -4.51. The molecule has 0 amide bonds. The molecule has 0 radical (unpaired) electrons. The van der Waals surface area contributed by atoms with Gasteiger partial charge in [-0.15, -0.1) is 0 Å². The zero-order valence-corrected chi connectivity index (χ0v) is 25.1. The average molecular weight is 614 g/mol. The third-order valence-corrected chi connectivity index (χ3v) is 8.19. The number of fused-ring (bicyclic) bond motifs is 2. The molecule has 7 nitrogen and oxygen atoms in total. The standard InChI is InChI=1S/C17H15BF3NO2.C16H16BNO3/c1-10-9-22-15(8-13(10)17(19,20)21)16(23)7-11-2-3-12-4-5-18(24)14(12)6-11;1-10-3-6-15(18-11(10)2)16(19)8-12-4-5-13-9-21-17(20)14(13)7-12/h2-3,6,8-9,24H,4-5,7H2,1H3;3-7,20H,8-9H2,1-2H3. The Balaban J connectivity index is 0.000000179. The predicted octanol–water partition coefficient (Wildman–Crippen LogP) is 3.92. The highest BCUT2D eigenvalue weighted by Gasteiger charge is 2.33. The fourth-order valence-corrected chi connectivity index (χ4v) is 5.43. The summed E-state index contributed by atoms with van der Waals surface area (Å²) in [4.78, 5) is 32.8. The van der Waals surface area contributed by atoms with Crippen molar-refractivity contribution in [3.05, 3.63) is 117 Å². The maximum absolute atomic E-state index is 12.9. The molecule has 0 saturated carbocycles. The van der Waals surface area contributed by atoms with Crippen LogP contribution in [0.4, 0.5) is 13.2 Å². The number of aromatic nitrogens is 2. The van der Waals surface area contributed by atoms with E-state index < -0.39 is 31.6 Å². The maximum atomic E-state index is 12.9. The number of halogens is 3. The second-order valence-electron chi connectivity index (χ2n) is 11.5. The third kappa shape index (κ3) is 7.41. The molecule has 2 N–H and O–H groups in total. The zero-order chi connectivity index (χ0) is 32.5. The molecule has 0 saturated heterocycles. The van der Waals surface area contributed by atoms with Crippen LogP contribution in [0.2, 0.25) is 6.32 Å². The minimum Gasteiger partial charge on any atom is -0.446 e. The number of rotatable bonds is 6. The predicted molar refractivity (Wildman–Crippen MR) is 165 cm³/mol. The quantitative estimate of drug-likeness (QED) is 0.251. The average Bonchev–Trinajstić information content (AvgIpc) is 3.55. The third-order valence-electron chi connectivity index (χ3n) is 8.19. The van der Waals surface area contributed by atoms with Crippen LogP contribution in [0.1, 0.15) is 65.6 Å². The molecule has 2 aliphatic heterocycles. The van der Waals surface area contributed by atoms with Gasteiger partial charge in [-0.25, -0.2) is 4.98 Å². The van der Waals surface area contributed by atoms with Crippen LogP contribution in [0.3, 0.4) is 0 Å². The topological polar surface area (TPSA) is 110 Å². The van der Waals surface area contributed by atoms with Gasteiger partial charge in [-0.2, -0.15) is 13.2 Å². The highest BCUT2D eigenvalue weighted by molar-refractivity contribution is 6.68. The summed E-state index contributed by atoms with van der Waals surface area (Å²) >= 11 is 0. The van der Waals surface area contributed by atoms with Crippen molar-refractivity contribution in [2.75, 3.05) is 0 Å². The number of aryl methyl sites for hydroxylation is 4. The molecular weight excluding hydrogens is 583 g/mol. The maximum Gasteiger partial charge on any atom is 0.491 e. The monoisotopic (exact) mass is 614 g/mol. The zero-order valence-electron chi connectivity index (χ0n) is 25.1. The Morgan fingerprint density at radius 2 is 1.49 bits per heavy atom. The molecule has 2 aromatic carbocycles. The molecule has 0 spiro atoms. The molecule has 0 aliphatic carbocycles. The van der Waals surface area contributed by atoms with Gasteiger partial charge in [0.05, 0.1) is 12.2 Å². The molecule has 2 aliphatic rings. The lowest BCUT2D eigenvalue weighted by Gasteiger charge is -2.11. The van der Waals surface area contributed by atoms with Gasteiger partial charge >= 0.3 is 20.2 Å². The molecule has 6 rings (SSSR count). The van der Waals surface area contributed by atoms with E-state index in [0.29, 0.717) is 24.2 Å². The first kappa shape index (κ1) is 32.3. The van der Waals surface area contributed by atoms with Crippen LogP contribution in [0.5, 0.6) is 0 Å². The largest absolute Gasteiger partial charge is 0.491 e. The Kier molecular flexibility index (Phi) is 9.38. The number of nitrogens with zero attached hydrogens (tertiary/aromatic N) is 2. The molecule has 4 aromatic rings. The highest BCUT2D eigenvalue weighted by atomic mass is 19.4. The Bertz CT molecular complexity index is 1780. The van der Waals surface area contributed by atoms with E-state index in [9.17, 15) is 32.8 Å². The Labute approximate surface area is 259 Å². The first-order chi connectivity index (χ1) is 21.3. The van der Waals surface area contributed by atoms with Crippen LogP contribution in [-0.4, -0.2) is 45.6 Å². The molecule has 0 bridgehead atoms. The summed E-state index contributed by atoms with van der Waals surface area (Å²) in [5.41, 5.74) is 6.48. The van der Waals surface area contributed by atoms with Gasteiger partial charge in [-0.05, 0) is 84.4 Å². The Hall–Kier alpha value is -4.12. The van der Waals surface area contributed by atoms with Crippen molar-refractivity contribution in [3.8, 4) is 0 Å². The molecule has 4 heterocycles. The van der Waals surface area contributed by atoms with E-state index in [-0.39, 0.29) is 29.9 Å². The van der Waals surface area contributed by atoms with Gasteiger partial charge in [0.15, 0.2) is 11.6 Å². The molecule has 230 valence electrons. The molecule has 2 aromatic heterocycles. The number of hydrogen-bond donors (Lipinski definition) is 2. The number of pyridine rings is 2. The highest BCUT2D eigenvalue weighted by Crippen LogP contribution is 2.32. The first-order valence-electron chi connectivity index (χ1n) is 14.6. The second-order valence-corrected chi connectivity index (χ2v) is 11.5. The molecule has 0 fully saturated rings. The molecular formula is C33H31B2F3N2O5. The van der Waals surface area contributed by atoms with Crippen LogP contribution >= 0.6 is 0 Å². The fraction of sp³-hybridized carbons (Fsp3) is 0.273. The van der Waals surface area contributed by atoms with Crippen LogP contribution in [0.25, 0.3) is 0 Å². The molecule has 12 heteroatoms. The summed E-state index contributed by atoms with van der Waals surface area (Å²) in [5, 5.41) is 19.6. The number of Topliss-reactive ketones (excluding diaryl/α,β-unsaturated/α-hetero) is 2. The first-order valence-corrected chi connectivity index (χ1v) is 14.6. The van der Waals surface area contributed by atoms with E-state index in [0.717, 1.165) is 57.6 Å². The summed E-state index contributed by atoms with van der Waals surface area (Å²) < 4.78 is 44.0. The summed E-state index contributed by atoms with van der Waals surface area (Å²) in [6.07, 6.45) is -1.77. The van der Waals surface area contributed by atoms with E-state index in [1.807, 2.05) is 44.2 Å². The van der Waals surface area contributed by atoms with Crippen LogP contribution in [0.15, 0.2) is 60.8 Å². The summed E-state index contributed by atoms with van der Waals surface area (Å²) in [6.45, 7) is 5.06. The van der Waals surface area contributed by atoms with Gasteiger partial charge < -0.3 is 14.7 Å². The lowest BCUT2D eigenvalue weighted by molar-refractivity contribution is -0.138. The molecule has 0 unspecified atom stereocenters. The van der Waals surface area contributed by atoms with Crippen molar-refractivity contribution in [2.45, 2.75) is 59.1 Å². The van der Waals surface area contributed by atoms with E-state index >= 15 is 0 Å². The lowest BCUT2D eigenvalue weighted by Crippen LogP contribution is -2.28. The fourth-order valence-electron chi connectivity index (χ4n) is 5.43. The number of carbonyl (C=O) groups is 2. The number of alkyl halides is 3. The molecule has 45 heavy (non-hydrogen) atoms. The van der Waals surface area contributed by atoms with E-state index in [4.69, 9.17) is 4.65 Å². The van der Waals surface area contributed by atoms with E-state index in [1.165, 1.54) is 6.92 Å². The number of ketones is 2. The second kappa shape index (κ2) is 13.1. The summed E-state index contributed by atoms with van der Waals surface area (Å²) in [6, 6.07) is 15.5. The van der Waals surface area contributed by atoms with Crippen LogP contribution in [0, 0.1) is 20.8 Å². The van der Waals surface area contributed by atoms with Crippen molar-refractivity contribution < 1.29 is 37.5 Å². The number of carbonyl (C=O) groups excluding carboxylic acids is 2. The molecule has 0 atom stereocenters. The van der Waals surface area contributed by atoms with Gasteiger partial charge in [-0.3, -0.25) is 14.6 Å². The number of benzene rings is 2. The van der Waals surface area contributed by atoms with Gasteiger partial charge in [0.2, 0.25) is 0 Å². The SMILES string of the molecule is Cc1ccc(C(=O)Cc2ccc3c(c2)B(O)OC3)nc1C.Cc1cnc(C(=O)Cc2ccc3c(c2)B(O)CC3)cc1C(F)(F)F. The smallest absolute Gasteiger partial charge is 0.446 e. The minimum absolute atomic E-state index is 0.0142. The van der Waals surface area contributed by atoms with E-state index in [2.05, 4.69) is 9.97 Å². The summed E-state index contributed by atoms with van der Waals surface area (Å²) in [5.74, 6) is -0.501. The normalized spacial score (nSPS) is 13.7. The van der Waals surface area contributed by atoms with Gasteiger partial charge in [0.1, 0.15) is 11.4 Å². The van der Waals surface area contributed by atoms with Gasteiger partial charge in [0.25, 0.3) is 0 Å². The van der Waals surface area contributed by atoms with Crippen molar-refractivity contribution in [1.29, 1.82) is 0 Å². The van der Waals surface area contributed by atoms with Crippen molar-refractivity contribution in [2.24, 2.45) is 0 Å². The Morgan fingerprint density at radius 3 is 2.16 bits per heavy atom. The van der Waals surface area contributed by atoms with Crippen LogP contribution < -0.4 is 10.9 Å².